The van der Waals surface area contributed by atoms with E-state index in [0.29, 0.717) is 16.5 Å². The van der Waals surface area contributed by atoms with Crippen LogP contribution < -0.4 is 9.64 Å². The van der Waals surface area contributed by atoms with Crippen LogP contribution >= 0.6 is 11.6 Å². The molecule has 0 N–H and O–H groups in total. The summed E-state index contributed by atoms with van der Waals surface area (Å²) >= 11 is 5.95. The van der Waals surface area contributed by atoms with Gasteiger partial charge in [0, 0.05) is 11.6 Å². The minimum atomic E-state index is -4.07. The van der Waals surface area contributed by atoms with Gasteiger partial charge in [-0.25, -0.2) is 13.2 Å². The van der Waals surface area contributed by atoms with Crippen molar-refractivity contribution in [3.8, 4) is 5.75 Å². The number of fused-ring (bicyclic) bond motifs is 1. The van der Waals surface area contributed by atoms with Crippen molar-refractivity contribution in [2.45, 2.75) is 24.5 Å². The lowest BCUT2D eigenvalue weighted by atomic mass is 10.1. The smallest absolute Gasteiger partial charge is 0.348 e. The zero-order chi connectivity index (χ0) is 25.9. The predicted molar refractivity (Wildman–Crippen MR) is 135 cm³/mol. The molecule has 1 amide bonds. The number of methoxy groups -OCH3 is 1. The SMILES string of the molecule is COC(=O)[C@H]1CN(C(=O)CN(Cc2cccc(C)c2)S(=O)(=O)c2ccc(Cl)cc2)c2ccccc2O1. The van der Waals surface area contributed by atoms with Crippen molar-refractivity contribution in [3.63, 3.8) is 0 Å². The van der Waals surface area contributed by atoms with Gasteiger partial charge in [0.15, 0.2) is 0 Å². The Kier molecular flexibility index (Phi) is 7.63. The number of hydrogen-bond donors (Lipinski definition) is 0. The monoisotopic (exact) mass is 528 g/mol. The lowest BCUT2D eigenvalue weighted by Gasteiger charge is -2.34. The Hall–Kier alpha value is -3.40. The van der Waals surface area contributed by atoms with Gasteiger partial charge in [-0.2, -0.15) is 4.31 Å². The van der Waals surface area contributed by atoms with Crippen molar-refractivity contribution in [3.05, 3.63) is 88.9 Å². The fourth-order valence-electron chi connectivity index (χ4n) is 3.96. The molecule has 1 heterocycles. The van der Waals surface area contributed by atoms with Crippen molar-refractivity contribution in [2.24, 2.45) is 0 Å². The highest BCUT2D eigenvalue weighted by molar-refractivity contribution is 7.89. The molecule has 4 rings (SSSR count). The number of sulfonamides is 1. The molecule has 8 nitrogen and oxygen atoms in total. The first kappa shape index (κ1) is 25.7. The standard InChI is InChI=1S/C26H25ClN2O6S/c1-18-6-5-7-19(14-18)15-28(36(32,33)21-12-10-20(27)11-13-21)17-25(30)29-16-24(26(31)34-2)35-23-9-4-3-8-22(23)29/h3-14,24H,15-17H2,1-2H3/t24-/m1/s1. The van der Waals surface area contributed by atoms with Gasteiger partial charge in [0.25, 0.3) is 0 Å². The van der Waals surface area contributed by atoms with Crippen LogP contribution in [0.3, 0.4) is 0 Å². The lowest BCUT2D eigenvalue weighted by molar-refractivity contribution is -0.148. The van der Waals surface area contributed by atoms with E-state index < -0.39 is 34.5 Å². The largest absolute Gasteiger partial charge is 0.475 e. The maximum absolute atomic E-state index is 13.6. The predicted octanol–water partition coefficient (Wildman–Crippen LogP) is 3.81. The molecule has 1 aliphatic heterocycles. The summed E-state index contributed by atoms with van der Waals surface area (Å²) in [5, 5.41) is 0.397. The zero-order valence-electron chi connectivity index (χ0n) is 19.8. The van der Waals surface area contributed by atoms with Crippen LogP contribution in [0.1, 0.15) is 11.1 Å². The van der Waals surface area contributed by atoms with Crippen LogP contribution in [0.5, 0.6) is 5.75 Å². The zero-order valence-corrected chi connectivity index (χ0v) is 21.3. The second-order valence-corrected chi connectivity index (χ2v) is 10.7. The number of carbonyl (C=O) groups is 2. The summed E-state index contributed by atoms with van der Waals surface area (Å²) < 4.78 is 38.9. The number of carbonyl (C=O) groups excluding carboxylic acids is 2. The number of para-hydroxylation sites is 2. The molecule has 1 atom stereocenters. The number of amides is 1. The highest BCUT2D eigenvalue weighted by Crippen LogP contribution is 2.34. The van der Waals surface area contributed by atoms with Crippen molar-refractivity contribution in [1.29, 1.82) is 0 Å². The summed E-state index contributed by atoms with van der Waals surface area (Å²) in [7, 11) is -2.83. The van der Waals surface area contributed by atoms with E-state index in [9.17, 15) is 18.0 Å². The van der Waals surface area contributed by atoms with E-state index >= 15 is 0 Å². The topological polar surface area (TPSA) is 93.2 Å². The van der Waals surface area contributed by atoms with Crippen molar-refractivity contribution in [1.82, 2.24) is 4.31 Å². The molecule has 36 heavy (non-hydrogen) atoms. The molecule has 0 bridgehead atoms. The van der Waals surface area contributed by atoms with E-state index in [0.717, 1.165) is 15.4 Å². The van der Waals surface area contributed by atoms with Gasteiger partial charge in [-0.05, 0) is 48.9 Å². The Labute approximate surface area is 215 Å². The molecule has 0 spiro atoms. The number of hydrogen-bond acceptors (Lipinski definition) is 6. The molecule has 0 saturated heterocycles. The molecule has 0 fully saturated rings. The van der Waals surface area contributed by atoms with Gasteiger partial charge in [0.1, 0.15) is 5.75 Å². The minimum Gasteiger partial charge on any atom is -0.475 e. The maximum Gasteiger partial charge on any atom is 0.348 e. The van der Waals surface area contributed by atoms with E-state index in [1.165, 1.54) is 36.3 Å². The van der Waals surface area contributed by atoms with Crippen LogP contribution in [-0.2, 0) is 30.9 Å². The Balaban J connectivity index is 1.69. The average molecular weight is 529 g/mol. The van der Waals surface area contributed by atoms with Crippen LogP contribution in [0.2, 0.25) is 5.02 Å². The molecule has 3 aromatic carbocycles. The molecule has 0 aromatic heterocycles. The van der Waals surface area contributed by atoms with E-state index in [1.807, 2.05) is 25.1 Å². The van der Waals surface area contributed by atoms with Gasteiger partial charge in [0.2, 0.25) is 22.0 Å². The number of benzene rings is 3. The molecule has 0 unspecified atom stereocenters. The molecule has 188 valence electrons. The fourth-order valence-corrected chi connectivity index (χ4v) is 5.46. The fraction of sp³-hybridized carbons (Fsp3) is 0.231. The number of aryl methyl sites for hydroxylation is 1. The molecule has 0 radical (unpaired) electrons. The van der Waals surface area contributed by atoms with Crippen molar-refractivity contribution >= 4 is 39.2 Å². The van der Waals surface area contributed by atoms with E-state index in [1.54, 1.807) is 30.3 Å². The lowest BCUT2D eigenvalue weighted by Crippen LogP contribution is -2.50. The second-order valence-electron chi connectivity index (χ2n) is 8.32. The molecule has 1 aliphatic rings. The van der Waals surface area contributed by atoms with Crippen molar-refractivity contribution in [2.75, 3.05) is 25.1 Å². The van der Waals surface area contributed by atoms with E-state index in [2.05, 4.69) is 0 Å². The highest BCUT2D eigenvalue weighted by atomic mass is 35.5. The quantitative estimate of drug-likeness (QED) is 0.433. The number of rotatable bonds is 7. The van der Waals surface area contributed by atoms with E-state index in [4.69, 9.17) is 21.1 Å². The molecule has 3 aromatic rings. The Bertz CT molecular complexity index is 1380. The second kappa shape index (κ2) is 10.7. The summed E-state index contributed by atoms with van der Waals surface area (Å²) in [6, 6.07) is 20.0. The van der Waals surface area contributed by atoms with Gasteiger partial charge in [0.05, 0.1) is 30.8 Å². The summed E-state index contributed by atoms with van der Waals surface area (Å²) in [6.45, 7) is 1.32. The number of nitrogens with zero attached hydrogens (tertiary/aromatic N) is 2. The number of esters is 1. The summed E-state index contributed by atoms with van der Waals surface area (Å²) in [4.78, 5) is 27.2. The normalized spacial score (nSPS) is 15.2. The molecule has 10 heteroatoms. The first-order valence-electron chi connectivity index (χ1n) is 11.1. The number of ether oxygens (including phenoxy) is 2. The van der Waals surface area contributed by atoms with Gasteiger partial charge in [-0.3, -0.25) is 4.79 Å². The van der Waals surface area contributed by atoms with Crippen LogP contribution in [0.15, 0.2) is 77.7 Å². The summed E-state index contributed by atoms with van der Waals surface area (Å²) in [5.74, 6) is -0.809. The van der Waals surface area contributed by atoms with Crippen LogP contribution in [-0.4, -0.2) is 50.9 Å². The van der Waals surface area contributed by atoms with Gasteiger partial charge < -0.3 is 14.4 Å². The maximum atomic E-state index is 13.6. The summed E-state index contributed by atoms with van der Waals surface area (Å²) in [6.07, 6.45) is -1.04. The number of halogens is 1. The van der Waals surface area contributed by atoms with Crippen molar-refractivity contribution < 1.29 is 27.5 Å². The Morgan fingerprint density at radius 3 is 2.50 bits per heavy atom. The van der Waals surface area contributed by atoms with Gasteiger partial charge in [-0.15, -0.1) is 0 Å². The average Bonchev–Trinajstić information content (AvgIpc) is 2.87. The first-order valence-corrected chi connectivity index (χ1v) is 13.0. The number of anilines is 1. The van der Waals surface area contributed by atoms with Gasteiger partial charge >= 0.3 is 5.97 Å². The third-order valence-corrected chi connectivity index (χ3v) is 7.80. The van der Waals surface area contributed by atoms with Gasteiger partial charge in [-0.1, -0.05) is 53.6 Å². The molecular formula is C26H25ClN2O6S. The molecule has 0 saturated carbocycles. The molecule has 0 aliphatic carbocycles. The van der Waals surface area contributed by atoms with E-state index in [-0.39, 0.29) is 18.0 Å². The minimum absolute atomic E-state index is 0.0159. The summed E-state index contributed by atoms with van der Waals surface area (Å²) in [5.41, 5.74) is 2.14. The van der Waals surface area contributed by atoms with Crippen LogP contribution in [0, 0.1) is 6.92 Å². The molecular weight excluding hydrogens is 504 g/mol. The van der Waals surface area contributed by atoms with Crippen LogP contribution in [0.25, 0.3) is 0 Å². The third kappa shape index (κ3) is 5.53. The Morgan fingerprint density at radius 1 is 1.08 bits per heavy atom. The Morgan fingerprint density at radius 2 is 1.81 bits per heavy atom. The van der Waals surface area contributed by atoms with Crippen LogP contribution in [0.4, 0.5) is 5.69 Å². The first-order chi connectivity index (χ1) is 17.2. The third-order valence-electron chi connectivity index (χ3n) is 5.74. The highest BCUT2D eigenvalue weighted by Gasteiger charge is 2.36.